The third-order valence-electron chi connectivity index (χ3n) is 1.91. The van der Waals surface area contributed by atoms with Crippen LogP contribution < -0.4 is 4.74 Å². The van der Waals surface area contributed by atoms with E-state index in [4.69, 9.17) is 21.1 Å². The molecule has 0 saturated heterocycles. The summed E-state index contributed by atoms with van der Waals surface area (Å²) in [5.74, 6) is 0.843. The van der Waals surface area contributed by atoms with Crippen molar-refractivity contribution in [3.05, 3.63) is 39.8 Å². The molecule has 0 aliphatic heterocycles. The summed E-state index contributed by atoms with van der Waals surface area (Å²) in [6.07, 6.45) is 0. The molecule has 0 aliphatic rings. The second-order valence-electron chi connectivity index (χ2n) is 3.16. The molecule has 0 N–H and O–H groups in total. The van der Waals surface area contributed by atoms with Crippen molar-refractivity contribution in [2.45, 2.75) is 6.61 Å². The second kappa shape index (κ2) is 6.54. The molecule has 0 bridgehead atoms. The molecule has 0 unspecified atom stereocenters. The van der Waals surface area contributed by atoms with Crippen molar-refractivity contribution in [3.63, 3.8) is 0 Å². The van der Waals surface area contributed by atoms with Gasteiger partial charge in [0.05, 0.1) is 6.61 Å². The monoisotopic (exact) mass is 270 g/mol. The van der Waals surface area contributed by atoms with Crippen molar-refractivity contribution >= 4 is 22.9 Å². The highest BCUT2D eigenvalue weighted by molar-refractivity contribution is 7.15. The van der Waals surface area contributed by atoms with Crippen LogP contribution >= 0.6 is 22.9 Å². The zero-order valence-electron chi connectivity index (χ0n) is 9.01. The molecule has 0 radical (unpaired) electrons. The molecule has 0 amide bonds. The van der Waals surface area contributed by atoms with Gasteiger partial charge in [-0.3, -0.25) is 0 Å². The molecule has 90 valence electrons. The standard InChI is InChI=1S/C11H11ClN2O2S/c12-11-14-13-10(17-11)8-15-6-7-16-9-4-2-1-3-5-9/h1-5H,6-8H2. The molecule has 1 aromatic carbocycles. The quantitative estimate of drug-likeness (QED) is 0.757. The van der Waals surface area contributed by atoms with E-state index in [0.717, 1.165) is 10.8 Å². The van der Waals surface area contributed by atoms with Crippen molar-refractivity contribution in [1.29, 1.82) is 0 Å². The molecule has 0 atom stereocenters. The largest absolute Gasteiger partial charge is 0.491 e. The summed E-state index contributed by atoms with van der Waals surface area (Å²) in [5.41, 5.74) is 0. The van der Waals surface area contributed by atoms with Gasteiger partial charge in [-0.25, -0.2) is 0 Å². The lowest BCUT2D eigenvalue weighted by Crippen LogP contribution is -2.06. The Balaban J connectivity index is 1.61. The SMILES string of the molecule is Clc1nnc(COCCOc2ccccc2)s1. The molecule has 0 saturated carbocycles. The van der Waals surface area contributed by atoms with Crippen molar-refractivity contribution in [3.8, 4) is 5.75 Å². The Morgan fingerprint density at radius 1 is 1.12 bits per heavy atom. The molecule has 0 spiro atoms. The van der Waals surface area contributed by atoms with E-state index in [9.17, 15) is 0 Å². The first-order valence-electron chi connectivity index (χ1n) is 5.08. The number of halogens is 1. The maximum Gasteiger partial charge on any atom is 0.207 e. The lowest BCUT2D eigenvalue weighted by Gasteiger charge is -2.05. The Hall–Kier alpha value is -1.17. The maximum absolute atomic E-state index is 5.65. The van der Waals surface area contributed by atoms with Gasteiger partial charge in [-0.1, -0.05) is 29.5 Å². The fourth-order valence-corrected chi connectivity index (χ4v) is 1.99. The summed E-state index contributed by atoms with van der Waals surface area (Å²) < 4.78 is 11.3. The number of ether oxygens (including phenoxy) is 2. The maximum atomic E-state index is 5.65. The molecule has 4 nitrogen and oxygen atoms in total. The molecule has 17 heavy (non-hydrogen) atoms. The van der Waals surface area contributed by atoms with E-state index in [-0.39, 0.29) is 0 Å². The van der Waals surface area contributed by atoms with Crippen molar-refractivity contribution in [2.24, 2.45) is 0 Å². The molecule has 1 aromatic heterocycles. The fraction of sp³-hybridized carbons (Fsp3) is 0.273. The van der Waals surface area contributed by atoms with E-state index >= 15 is 0 Å². The van der Waals surface area contributed by atoms with Crippen LogP contribution in [0.2, 0.25) is 4.47 Å². The molecule has 0 fully saturated rings. The average Bonchev–Trinajstić information content (AvgIpc) is 2.76. The fourth-order valence-electron chi connectivity index (χ4n) is 1.19. The van der Waals surface area contributed by atoms with Gasteiger partial charge < -0.3 is 9.47 Å². The highest BCUT2D eigenvalue weighted by atomic mass is 35.5. The number of para-hydroxylation sites is 1. The molecule has 2 rings (SSSR count). The Morgan fingerprint density at radius 2 is 1.94 bits per heavy atom. The summed E-state index contributed by atoms with van der Waals surface area (Å²) in [7, 11) is 0. The van der Waals surface area contributed by atoms with Gasteiger partial charge in [-0.15, -0.1) is 10.2 Å². The highest BCUT2D eigenvalue weighted by Gasteiger charge is 2.01. The van der Waals surface area contributed by atoms with E-state index in [1.807, 2.05) is 30.3 Å². The Labute approximate surface area is 108 Å². The van der Waals surface area contributed by atoms with Gasteiger partial charge in [-0.2, -0.15) is 0 Å². The number of benzene rings is 1. The van der Waals surface area contributed by atoms with Crippen LogP contribution in [0.3, 0.4) is 0 Å². The van der Waals surface area contributed by atoms with Gasteiger partial charge in [0, 0.05) is 0 Å². The van der Waals surface area contributed by atoms with Crippen LogP contribution in [0, 0.1) is 0 Å². The predicted molar refractivity (Wildman–Crippen MR) is 66.5 cm³/mol. The van der Waals surface area contributed by atoms with E-state index in [1.54, 1.807) is 0 Å². The number of rotatable bonds is 6. The van der Waals surface area contributed by atoms with Crippen LogP contribution in [0.25, 0.3) is 0 Å². The Bertz CT molecular complexity index is 450. The number of aromatic nitrogens is 2. The van der Waals surface area contributed by atoms with Crippen LogP contribution in [-0.4, -0.2) is 23.4 Å². The van der Waals surface area contributed by atoms with Gasteiger partial charge in [0.15, 0.2) is 0 Å². The van der Waals surface area contributed by atoms with E-state index in [1.165, 1.54) is 11.3 Å². The van der Waals surface area contributed by atoms with Crippen LogP contribution in [0.15, 0.2) is 30.3 Å². The number of hydrogen-bond acceptors (Lipinski definition) is 5. The summed E-state index contributed by atoms with van der Waals surface area (Å²) in [5, 5.41) is 8.30. The molecule has 0 aliphatic carbocycles. The van der Waals surface area contributed by atoms with Crippen molar-refractivity contribution in [2.75, 3.05) is 13.2 Å². The minimum absolute atomic E-state index is 0.419. The zero-order chi connectivity index (χ0) is 11.9. The lowest BCUT2D eigenvalue weighted by atomic mass is 10.3. The van der Waals surface area contributed by atoms with Gasteiger partial charge in [0.2, 0.25) is 4.47 Å². The average molecular weight is 271 g/mol. The third kappa shape index (κ3) is 4.30. The Kier molecular flexibility index (Phi) is 4.73. The van der Waals surface area contributed by atoms with Gasteiger partial charge in [0.25, 0.3) is 0 Å². The van der Waals surface area contributed by atoms with E-state index < -0.39 is 0 Å². The predicted octanol–water partition coefficient (Wildman–Crippen LogP) is 2.79. The van der Waals surface area contributed by atoms with E-state index in [2.05, 4.69) is 10.2 Å². The zero-order valence-corrected chi connectivity index (χ0v) is 10.6. The van der Waals surface area contributed by atoms with Gasteiger partial charge >= 0.3 is 0 Å². The first kappa shape index (κ1) is 12.3. The summed E-state index contributed by atoms with van der Waals surface area (Å²) >= 11 is 6.96. The first-order chi connectivity index (χ1) is 8.34. The molecular weight excluding hydrogens is 260 g/mol. The molecule has 1 heterocycles. The van der Waals surface area contributed by atoms with Crippen LogP contribution in [-0.2, 0) is 11.3 Å². The lowest BCUT2D eigenvalue weighted by molar-refractivity contribution is 0.0885. The van der Waals surface area contributed by atoms with Gasteiger partial charge in [-0.05, 0) is 23.7 Å². The summed E-state index contributed by atoms with van der Waals surface area (Å²) in [4.78, 5) is 0. The normalized spacial score (nSPS) is 10.4. The second-order valence-corrected chi connectivity index (χ2v) is 4.81. The molecule has 2 aromatic rings. The number of nitrogens with zero attached hydrogens (tertiary/aromatic N) is 2. The summed E-state index contributed by atoms with van der Waals surface area (Å²) in [6, 6.07) is 9.62. The number of hydrogen-bond donors (Lipinski definition) is 0. The van der Waals surface area contributed by atoms with E-state index in [0.29, 0.717) is 24.3 Å². The van der Waals surface area contributed by atoms with Crippen molar-refractivity contribution < 1.29 is 9.47 Å². The highest BCUT2D eigenvalue weighted by Crippen LogP contribution is 2.15. The Morgan fingerprint density at radius 3 is 2.65 bits per heavy atom. The molecular formula is C11H11ClN2O2S. The molecule has 6 heteroatoms. The van der Waals surface area contributed by atoms with Crippen LogP contribution in [0.5, 0.6) is 5.75 Å². The third-order valence-corrected chi connectivity index (χ3v) is 2.90. The first-order valence-corrected chi connectivity index (χ1v) is 6.27. The minimum Gasteiger partial charge on any atom is -0.491 e. The van der Waals surface area contributed by atoms with Crippen LogP contribution in [0.1, 0.15) is 5.01 Å². The minimum atomic E-state index is 0.419. The smallest absolute Gasteiger partial charge is 0.207 e. The van der Waals surface area contributed by atoms with Crippen LogP contribution in [0.4, 0.5) is 0 Å². The summed E-state index contributed by atoms with van der Waals surface area (Å²) in [6.45, 7) is 1.44. The van der Waals surface area contributed by atoms with Gasteiger partial charge in [0.1, 0.15) is 24.0 Å². The van der Waals surface area contributed by atoms with Crippen molar-refractivity contribution in [1.82, 2.24) is 10.2 Å². The topological polar surface area (TPSA) is 44.2 Å².